The molecule has 1 heterocycles. The van der Waals surface area contributed by atoms with Crippen LogP contribution in [-0.2, 0) is 5.41 Å². The van der Waals surface area contributed by atoms with Gasteiger partial charge in [0.1, 0.15) is 0 Å². The molecule has 3 heteroatoms. The Morgan fingerprint density at radius 1 is 1.24 bits per heavy atom. The van der Waals surface area contributed by atoms with Crippen LogP contribution in [0.1, 0.15) is 25.0 Å². The van der Waals surface area contributed by atoms with Gasteiger partial charge < -0.3 is 5.73 Å². The molecule has 1 fully saturated rings. The summed E-state index contributed by atoms with van der Waals surface area (Å²) in [4.78, 5) is 0. The third-order valence-corrected chi connectivity index (χ3v) is 3.70. The van der Waals surface area contributed by atoms with Crippen LogP contribution in [0.2, 0.25) is 0 Å². The quantitative estimate of drug-likeness (QED) is 0.843. The number of nitrogens with two attached hydrogens (primary N) is 1. The molecule has 0 spiro atoms. The standard InChI is InChI=1S/C14H17N3/c15-9-8-14(6-7-14)13-10-12(16-17-13)11-4-2-1-3-5-11/h1-5,10H,6-9,15H2,(H,16,17). The molecule has 0 radical (unpaired) electrons. The first-order chi connectivity index (χ1) is 8.34. The van der Waals surface area contributed by atoms with Gasteiger partial charge in [-0.25, -0.2) is 0 Å². The lowest BCUT2D eigenvalue weighted by Gasteiger charge is -2.10. The number of nitrogens with zero attached hydrogens (tertiary/aromatic N) is 1. The van der Waals surface area contributed by atoms with Crippen molar-refractivity contribution in [2.24, 2.45) is 5.73 Å². The maximum absolute atomic E-state index is 5.68. The second kappa shape index (κ2) is 4.00. The SMILES string of the molecule is NCCC1(c2cc(-c3ccccc3)n[nH]2)CC1. The number of hydrogen-bond acceptors (Lipinski definition) is 2. The highest BCUT2D eigenvalue weighted by atomic mass is 15.1. The second-order valence-corrected chi connectivity index (χ2v) is 4.85. The first-order valence-corrected chi connectivity index (χ1v) is 6.15. The third kappa shape index (κ3) is 1.87. The molecule has 1 aromatic heterocycles. The molecule has 3 nitrogen and oxygen atoms in total. The number of rotatable bonds is 4. The molecule has 0 saturated heterocycles. The lowest BCUT2D eigenvalue weighted by atomic mass is 9.97. The smallest absolute Gasteiger partial charge is 0.0923 e. The Morgan fingerprint density at radius 3 is 2.65 bits per heavy atom. The molecule has 0 atom stereocenters. The molecular weight excluding hydrogens is 210 g/mol. The van der Waals surface area contributed by atoms with E-state index >= 15 is 0 Å². The highest BCUT2D eigenvalue weighted by Gasteiger charge is 2.44. The zero-order valence-corrected chi connectivity index (χ0v) is 9.82. The molecule has 0 unspecified atom stereocenters. The number of benzene rings is 1. The normalized spacial score (nSPS) is 17.0. The summed E-state index contributed by atoms with van der Waals surface area (Å²) in [6.45, 7) is 0.750. The summed E-state index contributed by atoms with van der Waals surface area (Å²) in [5, 5.41) is 7.60. The van der Waals surface area contributed by atoms with Crippen molar-refractivity contribution >= 4 is 0 Å². The number of H-pyrrole nitrogens is 1. The van der Waals surface area contributed by atoms with Gasteiger partial charge in [-0.1, -0.05) is 30.3 Å². The first-order valence-electron chi connectivity index (χ1n) is 6.15. The molecule has 88 valence electrons. The van der Waals surface area contributed by atoms with E-state index in [0.717, 1.165) is 18.7 Å². The zero-order chi connectivity index (χ0) is 11.7. The van der Waals surface area contributed by atoms with Crippen LogP contribution in [0.5, 0.6) is 0 Å². The van der Waals surface area contributed by atoms with Gasteiger partial charge in [0, 0.05) is 16.7 Å². The fourth-order valence-corrected chi connectivity index (χ4v) is 2.43. The molecule has 0 bridgehead atoms. The van der Waals surface area contributed by atoms with E-state index in [4.69, 9.17) is 5.73 Å². The average molecular weight is 227 g/mol. The van der Waals surface area contributed by atoms with Crippen molar-refractivity contribution in [1.82, 2.24) is 10.2 Å². The third-order valence-electron chi connectivity index (χ3n) is 3.70. The maximum atomic E-state index is 5.68. The summed E-state index contributed by atoms with van der Waals surface area (Å²) in [5.74, 6) is 0. The van der Waals surface area contributed by atoms with Crippen LogP contribution in [0.15, 0.2) is 36.4 Å². The second-order valence-electron chi connectivity index (χ2n) is 4.85. The van der Waals surface area contributed by atoms with Gasteiger partial charge in [-0.2, -0.15) is 5.10 Å². The van der Waals surface area contributed by atoms with E-state index in [-0.39, 0.29) is 0 Å². The Bertz CT molecular complexity index is 497. The molecular formula is C14H17N3. The number of aromatic amines is 1. The molecule has 1 saturated carbocycles. The molecule has 3 rings (SSSR count). The molecule has 17 heavy (non-hydrogen) atoms. The van der Waals surface area contributed by atoms with E-state index in [1.165, 1.54) is 24.1 Å². The lowest BCUT2D eigenvalue weighted by Crippen LogP contribution is -2.13. The highest BCUT2D eigenvalue weighted by molar-refractivity contribution is 5.59. The van der Waals surface area contributed by atoms with Gasteiger partial charge in [-0.15, -0.1) is 0 Å². The summed E-state index contributed by atoms with van der Waals surface area (Å²) in [6.07, 6.45) is 3.53. The van der Waals surface area contributed by atoms with Crippen molar-refractivity contribution in [1.29, 1.82) is 0 Å². The molecule has 1 aromatic carbocycles. The van der Waals surface area contributed by atoms with E-state index in [9.17, 15) is 0 Å². The van der Waals surface area contributed by atoms with Crippen molar-refractivity contribution in [3.05, 3.63) is 42.1 Å². The van der Waals surface area contributed by atoms with Crippen LogP contribution in [0.3, 0.4) is 0 Å². The average Bonchev–Trinajstić information content (AvgIpc) is 2.98. The lowest BCUT2D eigenvalue weighted by molar-refractivity contribution is 0.608. The number of nitrogens with one attached hydrogen (secondary N) is 1. The van der Waals surface area contributed by atoms with Crippen LogP contribution in [-0.4, -0.2) is 16.7 Å². The largest absolute Gasteiger partial charge is 0.330 e. The van der Waals surface area contributed by atoms with Crippen LogP contribution >= 0.6 is 0 Å². The van der Waals surface area contributed by atoms with Gasteiger partial charge in [-0.3, -0.25) is 5.10 Å². The summed E-state index contributed by atoms with van der Waals surface area (Å²) in [6, 6.07) is 12.4. The van der Waals surface area contributed by atoms with E-state index < -0.39 is 0 Å². The predicted molar refractivity (Wildman–Crippen MR) is 68.6 cm³/mol. The summed E-state index contributed by atoms with van der Waals surface area (Å²) in [7, 11) is 0. The van der Waals surface area contributed by atoms with Crippen molar-refractivity contribution in [3.63, 3.8) is 0 Å². The number of hydrogen-bond donors (Lipinski definition) is 2. The zero-order valence-electron chi connectivity index (χ0n) is 9.82. The molecule has 1 aliphatic carbocycles. The van der Waals surface area contributed by atoms with Crippen LogP contribution < -0.4 is 5.73 Å². The molecule has 3 N–H and O–H groups in total. The van der Waals surface area contributed by atoms with Crippen molar-refractivity contribution < 1.29 is 0 Å². The van der Waals surface area contributed by atoms with Crippen LogP contribution in [0, 0.1) is 0 Å². The summed E-state index contributed by atoms with van der Waals surface area (Å²) < 4.78 is 0. The monoisotopic (exact) mass is 227 g/mol. The Morgan fingerprint density at radius 2 is 2.00 bits per heavy atom. The van der Waals surface area contributed by atoms with Gasteiger partial charge in [0.05, 0.1) is 5.69 Å². The minimum Gasteiger partial charge on any atom is -0.330 e. The summed E-state index contributed by atoms with van der Waals surface area (Å²) in [5.41, 5.74) is 9.42. The van der Waals surface area contributed by atoms with Crippen molar-refractivity contribution in [2.75, 3.05) is 6.54 Å². The Balaban J connectivity index is 1.89. The van der Waals surface area contributed by atoms with Crippen molar-refractivity contribution in [2.45, 2.75) is 24.7 Å². The van der Waals surface area contributed by atoms with E-state index in [1.54, 1.807) is 0 Å². The molecule has 0 amide bonds. The Labute approximate surface area is 101 Å². The Kier molecular flexibility index (Phi) is 2.48. The minimum absolute atomic E-state index is 0.300. The highest BCUT2D eigenvalue weighted by Crippen LogP contribution is 2.50. The maximum Gasteiger partial charge on any atom is 0.0923 e. The van der Waals surface area contributed by atoms with Gasteiger partial charge in [-0.05, 0) is 31.9 Å². The molecule has 1 aliphatic rings. The first kappa shape index (κ1) is 10.5. The fraction of sp³-hybridized carbons (Fsp3) is 0.357. The topological polar surface area (TPSA) is 54.7 Å². The van der Waals surface area contributed by atoms with E-state index in [0.29, 0.717) is 5.41 Å². The van der Waals surface area contributed by atoms with Gasteiger partial charge in [0.25, 0.3) is 0 Å². The minimum atomic E-state index is 0.300. The Hall–Kier alpha value is -1.61. The van der Waals surface area contributed by atoms with E-state index in [1.807, 2.05) is 18.2 Å². The van der Waals surface area contributed by atoms with E-state index in [2.05, 4.69) is 28.4 Å². The van der Waals surface area contributed by atoms with Crippen LogP contribution in [0.25, 0.3) is 11.3 Å². The van der Waals surface area contributed by atoms with Crippen molar-refractivity contribution in [3.8, 4) is 11.3 Å². The van der Waals surface area contributed by atoms with Gasteiger partial charge >= 0.3 is 0 Å². The fourth-order valence-electron chi connectivity index (χ4n) is 2.43. The van der Waals surface area contributed by atoms with Gasteiger partial charge in [0.2, 0.25) is 0 Å². The van der Waals surface area contributed by atoms with Crippen LogP contribution in [0.4, 0.5) is 0 Å². The molecule has 0 aliphatic heterocycles. The summed E-state index contributed by atoms with van der Waals surface area (Å²) >= 11 is 0. The molecule has 2 aromatic rings. The predicted octanol–water partition coefficient (Wildman–Crippen LogP) is 2.46. The van der Waals surface area contributed by atoms with Gasteiger partial charge in [0.15, 0.2) is 0 Å². The number of aromatic nitrogens is 2.